The predicted molar refractivity (Wildman–Crippen MR) is 67.1 cm³/mol. The molecule has 0 saturated carbocycles. The molecule has 0 aliphatic carbocycles. The van der Waals surface area contributed by atoms with E-state index in [1.807, 2.05) is 6.92 Å². The van der Waals surface area contributed by atoms with Crippen LogP contribution in [0.25, 0.3) is 0 Å². The second-order valence-corrected chi connectivity index (χ2v) is 3.98. The lowest BCUT2D eigenvalue weighted by atomic mass is 10.2. The Morgan fingerprint density at radius 1 is 1.53 bits per heavy atom. The van der Waals surface area contributed by atoms with Crippen LogP contribution >= 0.6 is 11.6 Å². The molecular weight excluding hydrogens is 240 g/mol. The van der Waals surface area contributed by atoms with Crippen molar-refractivity contribution >= 4 is 29.0 Å². The molecule has 2 aromatic rings. The quantitative estimate of drug-likeness (QED) is 0.764. The third-order valence-electron chi connectivity index (χ3n) is 2.36. The number of hydrogen-bond donors (Lipinski definition) is 3. The fraction of sp³-hybridized carbons (Fsp3) is 0.0909. The molecule has 2 rings (SSSR count). The number of H-pyrrole nitrogens is 1. The van der Waals surface area contributed by atoms with E-state index in [-0.39, 0.29) is 11.7 Å². The molecule has 6 heteroatoms. The molecule has 5 nitrogen and oxygen atoms in total. The molecule has 1 aromatic carbocycles. The average molecular weight is 251 g/mol. The van der Waals surface area contributed by atoms with Gasteiger partial charge in [-0.3, -0.25) is 9.89 Å². The highest BCUT2D eigenvalue weighted by molar-refractivity contribution is 6.31. The van der Waals surface area contributed by atoms with Gasteiger partial charge in [-0.2, -0.15) is 5.10 Å². The van der Waals surface area contributed by atoms with Gasteiger partial charge in [-0.15, -0.1) is 0 Å². The highest BCUT2D eigenvalue weighted by Crippen LogP contribution is 2.23. The van der Waals surface area contributed by atoms with Gasteiger partial charge < -0.3 is 11.1 Å². The first kappa shape index (κ1) is 11.5. The summed E-state index contributed by atoms with van der Waals surface area (Å²) in [6.45, 7) is 1.83. The second-order valence-electron chi connectivity index (χ2n) is 3.57. The molecule has 0 aliphatic rings. The van der Waals surface area contributed by atoms with Gasteiger partial charge in [-0.05, 0) is 24.6 Å². The van der Waals surface area contributed by atoms with Crippen LogP contribution in [0.15, 0.2) is 24.3 Å². The van der Waals surface area contributed by atoms with Gasteiger partial charge in [-0.1, -0.05) is 17.7 Å². The Morgan fingerprint density at radius 2 is 2.29 bits per heavy atom. The van der Waals surface area contributed by atoms with E-state index in [9.17, 15) is 4.79 Å². The molecule has 0 aliphatic heterocycles. The SMILES string of the molecule is Cc1c(Cl)cccc1NC(=O)c1cc(N)n[nH]1. The second kappa shape index (κ2) is 4.47. The Hall–Kier alpha value is -2.01. The summed E-state index contributed by atoms with van der Waals surface area (Å²) >= 11 is 5.96. The van der Waals surface area contributed by atoms with Crippen molar-refractivity contribution in [3.05, 3.63) is 40.5 Å². The summed E-state index contributed by atoms with van der Waals surface area (Å²) in [6, 6.07) is 6.78. The number of aromatic amines is 1. The Balaban J connectivity index is 2.21. The standard InChI is InChI=1S/C11H11ClN4O/c1-6-7(12)3-2-4-8(6)14-11(17)9-5-10(13)16-15-9/h2-5H,1H3,(H,14,17)(H3,13,15,16). The number of nitrogens with zero attached hydrogens (tertiary/aromatic N) is 1. The number of aromatic nitrogens is 2. The summed E-state index contributed by atoms with van der Waals surface area (Å²) in [6.07, 6.45) is 0. The van der Waals surface area contributed by atoms with E-state index < -0.39 is 0 Å². The van der Waals surface area contributed by atoms with E-state index >= 15 is 0 Å². The molecule has 0 radical (unpaired) electrons. The van der Waals surface area contributed by atoms with Crippen molar-refractivity contribution in [1.82, 2.24) is 10.2 Å². The molecule has 4 N–H and O–H groups in total. The number of hydrogen-bond acceptors (Lipinski definition) is 3. The van der Waals surface area contributed by atoms with Crippen LogP contribution in [0.2, 0.25) is 5.02 Å². The van der Waals surface area contributed by atoms with Crippen molar-refractivity contribution < 1.29 is 4.79 Å². The lowest BCUT2D eigenvalue weighted by Gasteiger charge is -2.08. The fourth-order valence-electron chi connectivity index (χ4n) is 1.39. The lowest BCUT2D eigenvalue weighted by Crippen LogP contribution is -2.13. The Bertz CT molecular complexity index is 564. The average Bonchev–Trinajstić information content (AvgIpc) is 2.72. The van der Waals surface area contributed by atoms with Gasteiger partial charge >= 0.3 is 0 Å². The number of rotatable bonds is 2. The van der Waals surface area contributed by atoms with Gasteiger partial charge in [0.25, 0.3) is 5.91 Å². The number of nitrogen functional groups attached to an aromatic ring is 1. The Kier molecular flexibility index (Phi) is 3.01. The van der Waals surface area contributed by atoms with E-state index in [1.165, 1.54) is 6.07 Å². The van der Waals surface area contributed by atoms with E-state index in [0.717, 1.165) is 5.56 Å². The third-order valence-corrected chi connectivity index (χ3v) is 2.77. The normalized spacial score (nSPS) is 10.2. The van der Waals surface area contributed by atoms with Gasteiger partial charge in [0.05, 0.1) is 0 Å². The minimum absolute atomic E-state index is 0.276. The van der Waals surface area contributed by atoms with E-state index in [1.54, 1.807) is 18.2 Å². The molecule has 0 unspecified atom stereocenters. The summed E-state index contributed by atoms with van der Waals surface area (Å²) in [5.74, 6) is -0.0301. The zero-order chi connectivity index (χ0) is 12.4. The maximum Gasteiger partial charge on any atom is 0.273 e. The van der Waals surface area contributed by atoms with Crippen LogP contribution in [0, 0.1) is 6.92 Å². The van der Waals surface area contributed by atoms with Crippen molar-refractivity contribution in [3.63, 3.8) is 0 Å². The van der Waals surface area contributed by atoms with Gasteiger partial charge in [0.2, 0.25) is 0 Å². The minimum Gasteiger partial charge on any atom is -0.382 e. The molecule has 1 amide bonds. The maximum atomic E-state index is 11.8. The third kappa shape index (κ3) is 2.39. The number of nitrogens with one attached hydrogen (secondary N) is 2. The molecule has 0 fully saturated rings. The van der Waals surface area contributed by atoms with Crippen LogP contribution in [-0.4, -0.2) is 16.1 Å². The Morgan fingerprint density at radius 3 is 2.94 bits per heavy atom. The van der Waals surface area contributed by atoms with Crippen molar-refractivity contribution in [1.29, 1.82) is 0 Å². The van der Waals surface area contributed by atoms with Gasteiger partial charge in [-0.25, -0.2) is 0 Å². The smallest absolute Gasteiger partial charge is 0.273 e. The maximum absolute atomic E-state index is 11.8. The fourth-order valence-corrected chi connectivity index (χ4v) is 1.56. The zero-order valence-corrected chi connectivity index (χ0v) is 9.88. The van der Waals surface area contributed by atoms with Crippen LogP contribution < -0.4 is 11.1 Å². The van der Waals surface area contributed by atoms with Gasteiger partial charge in [0, 0.05) is 16.8 Å². The molecule has 1 aromatic heterocycles. The molecule has 88 valence electrons. The van der Waals surface area contributed by atoms with Crippen molar-refractivity contribution in [2.45, 2.75) is 6.92 Å². The number of carbonyl (C=O) groups is 1. The van der Waals surface area contributed by atoms with Crippen molar-refractivity contribution in [2.75, 3.05) is 11.1 Å². The molecule has 0 spiro atoms. The largest absolute Gasteiger partial charge is 0.382 e. The highest BCUT2D eigenvalue weighted by Gasteiger charge is 2.11. The zero-order valence-electron chi connectivity index (χ0n) is 9.12. The molecule has 0 saturated heterocycles. The van der Waals surface area contributed by atoms with E-state index in [0.29, 0.717) is 16.4 Å². The van der Waals surface area contributed by atoms with Crippen molar-refractivity contribution in [2.24, 2.45) is 0 Å². The van der Waals surface area contributed by atoms with Crippen LogP contribution in [-0.2, 0) is 0 Å². The number of benzene rings is 1. The first-order chi connectivity index (χ1) is 8.08. The molecule has 17 heavy (non-hydrogen) atoms. The summed E-state index contributed by atoms with van der Waals surface area (Å²) in [7, 11) is 0. The number of carbonyl (C=O) groups excluding carboxylic acids is 1. The number of halogens is 1. The van der Waals surface area contributed by atoms with Crippen LogP contribution in [0.4, 0.5) is 11.5 Å². The minimum atomic E-state index is -0.306. The summed E-state index contributed by atoms with van der Waals surface area (Å²) in [4.78, 5) is 11.8. The molecule has 1 heterocycles. The van der Waals surface area contributed by atoms with E-state index in [4.69, 9.17) is 17.3 Å². The highest BCUT2D eigenvalue weighted by atomic mass is 35.5. The monoisotopic (exact) mass is 250 g/mol. The summed E-state index contributed by atoms with van der Waals surface area (Å²) in [5.41, 5.74) is 7.21. The summed E-state index contributed by atoms with van der Waals surface area (Å²) in [5, 5.41) is 9.56. The Labute approximate surface area is 103 Å². The predicted octanol–water partition coefficient (Wildman–Crippen LogP) is 2.21. The van der Waals surface area contributed by atoms with E-state index in [2.05, 4.69) is 15.5 Å². The first-order valence-corrected chi connectivity index (χ1v) is 5.33. The molecule has 0 bridgehead atoms. The van der Waals surface area contributed by atoms with Crippen LogP contribution in [0.3, 0.4) is 0 Å². The number of anilines is 2. The van der Waals surface area contributed by atoms with Crippen LogP contribution in [0.1, 0.15) is 16.1 Å². The number of nitrogens with two attached hydrogens (primary N) is 1. The van der Waals surface area contributed by atoms with Crippen molar-refractivity contribution in [3.8, 4) is 0 Å². The first-order valence-electron chi connectivity index (χ1n) is 4.95. The van der Waals surface area contributed by atoms with Gasteiger partial charge in [0.1, 0.15) is 11.5 Å². The molecular formula is C11H11ClN4O. The number of amides is 1. The van der Waals surface area contributed by atoms with Gasteiger partial charge in [0.15, 0.2) is 0 Å². The summed E-state index contributed by atoms with van der Waals surface area (Å²) < 4.78 is 0. The molecule has 0 atom stereocenters. The van der Waals surface area contributed by atoms with Crippen LogP contribution in [0.5, 0.6) is 0 Å². The topological polar surface area (TPSA) is 83.8 Å². The lowest BCUT2D eigenvalue weighted by molar-refractivity contribution is 0.102.